The Bertz CT molecular complexity index is 932. The highest BCUT2D eigenvalue weighted by Crippen LogP contribution is 2.33. The van der Waals surface area contributed by atoms with Gasteiger partial charge >= 0.3 is 6.18 Å². The molecule has 1 atom stereocenters. The number of piperazine rings is 1. The van der Waals surface area contributed by atoms with Gasteiger partial charge in [0.15, 0.2) is 5.82 Å². The zero-order chi connectivity index (χ0) is 20.4. The highest BCUT2D eigenvalue weighted by atomic mass is 19.4. The van der Waals surface area contributed by atoms with E-state index in [1.807, 2.05) is 12.4 Å². The van der Waals surface area contributed by atoms with Crippen LogP contribution in [0, 0.1) is 0 Å². The van der Waals surface area contributed by atoms with Crippen LogP contribution in [0.4, 0.5) is 19.0 Å². The number of benzene rings is 1. The minimum Gasteiger partial charge on any atom is -0.352 e. The van der Waals surface area contributed by atoms with Crippen molar-refractivity contribution in [2.24, 2.45) is 0 Å². The van der Waals surface area contributed by atoms with Gasteiger partial charge in [-0.15, -0.1) is 0 Å². The third kappa shape index (κ3) is 4.09. The molecule has 0 amide bonds. The van der Waals surface area contributed by atoms with Gasteiger partial charge in [-0.25, -0.2) is 4.98 Å². The lowest BCUT2D eigenvalue weighted by atomic mass is 10.1. The number of halogens is 3. The molecule has 1 unspecified atom stereocenters. The van der Waals surface area contributed by atoms with E-state index in [4.69, 9.17) is 0 Å². The van der Waals surface area contributed by atoms with Crippen molar-refractivity contribution in [3.05, 3.63) is 60.2 Å². The van der Waals surface area contributed by atoms with Gasteiger partial charge in [0.2, 0.25) is 0 Å². The molecule has 1 N–H and O–H groups in total. The molecule has 0 spiro atoms. The van der Waals surface area contributed by atoms with Crippen molar-refractivity contribution >= 4 is 5.82 Å². The number of nitrogens with zero attached hydrogens (tertiary/aromatic N) is 5. The largest absolute Gasteiger partial charge is 0.416 e. The van der Waals surface area contributed by atoms with Gasteiger partial charge in [0.1, 0.15) is 5.69 Å². The highest BCUT2D eigenvalue weighted by Gasteiger charge is 2.30. The van der Waals surface area contributed by atoms with Crippen LogP contribution in [0.25, 0.3) is 11.3 Å². The fourth-order valence-electron chi connectivity index (χ4n) is 3.60. The maximum Gasteiger partial charge on any atom is 0.416 e. The van der Waals surface area contributed by atoms with Crippen LogP contribution in [0.15, 0.2) is 49.1 Å². The van der Waals surface area contributed by atoms with E-state index < -0.39 is 11.7 Å². The van der Waals surface area contributed by atoms with Crippen LogP contribution in [0.5, 0.6) is 0 Å². The van der Waals surface area contributed by atoms with Gasteiger partial charge in [0.05, 0.1) is 11.8 Å². The van der Waals surface area contributed by atoms with Crippen molar-refractivity contribution in [1.29, 1.82) is 0 Å². The first kappa shape index (κ1) is 19.4. The molecule has 2 aromatic heterocycles. The molecule has 1 fully saturated rings. The maximum atomic E-state index is 12.8. The molecule has 6 nitrogen and oxygen atoms in total. The molecule has 1 aromatic carbocycles. The zero-order valence-corrected chi connectivity index (χ0v) is 15.9. The summed E-state index contributed by atoms with van der Waals surface area (Å²) in [4.78, 5) is 13.4. The molecule has 1 aliphatic rings. The monoisotopic (exact) mass is 402 g/mol. The number of H-pyrrole nitrogens is 1. The van der Waals surface area contributed by atoms with E-state index in [-0.39, 0.29) is 6.04 Å². The molecule has 0 bridgehead atoms. The van der Waals surface area contributed by atoms with E-state index in [1.165, 1.54) is 12.1 Å². The molecule has 3 aromatic rings. The van der Waals surface area contributed by atoms with Crippen LogP contribution in [0.2, 0.25) is 0 Å². The van der Waals surface area contributed by atoms with Gasteiger partial charge < -0.3 is 4.90 Å². The SMILES string of the molecule is CC(c1cn[nH]c1)N1CCN(c2nccnc2-c2ccc(C(F)(F)F)cc2)CC1. The minimum atomic E-state index is -4.36. The quantitative estimate of drug-likeness (QED) is 0.720. The summed E-state index contributed by atoms with van der Waals surface area (Å²) in [5.74, 6) is 0.697. The fraction of sp³-hybridized carbons (Fsp3) is 0.350. The Labute approximate surface area is 166 Å². The number of aromatic amines is 1. The Hall–Kier alpha value is -2.94. The summed E-state index contributed by atoms with van der Waals surface area (Å²) in [6.07, 6.45) is 2.56. The normalized spacial score (nSPS) is 16.8. The van der Waals surface area contributed by atoms with E-state index in [0.29, 0.717) is 17.1 Å². The van der Waals surface area contributed by atoms with Gasteiger partial charge in [-0.05, 0) is 19.1 Å². The lowest BCUT2D eigenvalue weighted by Gasteiger charge is -2.38. The predicted octanol–water partition coefficient (Wildman–Crippen LogP) is 3.77. The summed E-state index contributed by atoms with van der Waals surface area (Å²) >= 11 is 0. The van der Waals surface area contributed by atoms with Crippen molar-refractivity contribution < 1.29 is 13.2 Å². The van der Waals surface area contributed by atoms with Crippen molar-refractivity contribution in [2.45, 2.75) is 19.1 Å². The summed E-state index contributed by atoms with van der Waals surface area (Å²) in [6.45, 7) is 5.35. The Morgan fingerprint density at radius 1 is 1.00 bits per heavy atom. The van der Waals surface area contributed by atoms with Crippen LogP contribution >= 0.6 is 0 Å². The minimum absolute atomic E-state index is 0.257. The van der Waals surface area contributed by atoms with Gasteiger partial charge in [0.25, 0.3) is 0 Å². The van der Waals surface area contributed by atoms with E-state index in [0.717, 1.165) is 43.9 Å². The number of rotatable bonds is 4. The number of hydrogen-bond donors (Lipinski definition) is 1. The van der Waals surface area contributed by atoms with Gasteiger partial charge in [-0.1, -0.05) is 12.1 Å². The molecular weight excluding hydrogens is 381 g/mol. The second-order valence-corrected chi connectivity index (χ2v) is 7.03. The molecule has 9 heteroatoms. The third-order valence-electron chi connectivity index (χ3n) is 5.33. The number of anilines is 1. The van der Waals surface area contributed by atoms with Gasteiger partial charge in [-0.3, -0.25) is 15.0 Å². The first-order valence-corrected chi connectivity index (χ1v) is 9.40. The number of nitrogens with one attached hydrogen (secondary N) is 1. The fourth-order valence-corrected chi connectivity index (χ4v) is 3.60. The third-order valence-corrected chi connectivity index (χ3v) is 5.33. The summed E-state index contributed by atoms with van der Waals surface area (Å²) < 4.78 is 38.5. The van der Waals surface area contributed by atoms with Gasteiger partial charge in [0, 0.05) is 61.9 Å². The topological polar surface area (TPSA) is 60.9 Å². The highest BCUT2D eigenvalue weighted by molar-refractivity contribution is 5.72. The molecule has 1 saturated heterocycles. The van der Waals surface area contributed by atoms with Crippen LogP contribution in [0.3, 0.4) is 0 Å². The number of alkyl halides is 3. The molecule has 0 radical (unpaired) electrons. The molecule has 1 aliphatic heterocycles. The van der Waals surface area contributed by atoms with Crippen LogP contribution in [-0.4, -0.2) is 51.2 Å². The first-order chi connectivity index (χ1) is 13.9. The average molecular weight is 402 g/mol. The molecule has 4 rings (SSSR count). The standard InChI is InChI=1S/C20H21F3N6/c1-14(16-12-26-27-13-16)28-8-10-29(11-9-28)19-18(24-6-7-25-19)15-2-4-17(5-3-15)20(21,22)23/h2-7,12-14H,8-11H2,1H3,(H,26,27). The van der Waals surface area contributed by atoms with E-state index in [9.17, 15) is 13.2 Å². The summed E-state index contributed by atoms with van der Waals surface area (Å²) in [5, 5.41) is 6.86. The Morgan fingerprint density at radius 3 is 2.31 bits per heavy atom. The van der Waals surface area contributed by atoms with Gasteiger partial charge in [-0.2, -0.15) is 18.3 Å². The van der Waals surface area contributed by atoms with E-state index in [2.05, 4.69) is 36.9 Å². The Kier molecular flexibility index (Phi) is 5.23. The van der Waals surface area contributed by atoms with E-state index in [1.54, 1.807) is 12.4 Å². The zero-order valence-electron chi connectivity index (χ0n) is 15.9. The summed E-state index contributed by atoms with van der Waals surface area (Å²) in [6, 6.07) is 5.32. The lowest BCUT2D eigenvalue weighted by molar-refractivity contribution is -0.137. The van der Waals surface area contributed by atoms with Crippen LogP contribution in [0.1, 0.15) is 24.1 Å². The second kappa shape index (κ2) is 7.82. The smallest absolute Gasteiger partial charge is 0.352 e. The van der Waals surface area contributed by atoms with E-state index >= 15 is 0 Å². The molecule has 0 aliphatic carbocycles. The Balaban J connectivity index is 1.51. The van der Waals surface area contributed by atoms with Crippen molar-refractivity contribution in [2.75, 3.05) is 31.1 Å². The molecule has 152 valence electrons. The molecule has 29 heavy (non-hydrogen) atoms. The lowest BCUT2D eigenvalue weighted by Crippen LogP contribution is -2.47. The first-order valence-electron chi connectivity index (χ1n) is 9.40. The van der Waals surface area contributed by atoms with Crippen molar-refractivity contribution in [1.82, 2.24) is 25.1 Å². The predicted molar refractivity (Wildman–Crippen MR) is 103 cm³/mol. The summed E-state index contributed by atoms with van der Waals surface area (Å²) in [5.41, 5.74) is 1.68. The van der Waals surface area contributed by atoms with Crippen LogP contribution in [-0.2, 0) is 6.18 Å². The van der Waals surface area contributed by atoms with Crippen molar-refractivity contribution in [3.8, 4) is 11.3 Å². The Morgan fingerprint density at radius 2 is 1.69 bits per heavy atom. The number of hydrogen-bond acceptors (Lipinski definition) is 5. The summed E-state index contributed by atoms with van der Waals surface area (Å²) in [7, 11) is 0. The molecule has 0 saturated carbocycles. The van der Waals surface area contributed by atoms with Crippen LogP contribution < -0.4 is 4.90 Å². The van der Waals surface area contributed by atoms with Crippen molar-refractivity contribution in [3.63, 3.8) is 0 Å². The maximum absolute atomic E-state index is 12.8. The average Bonchev–Trinajstić information content (AvgIpc) is 3.28. The molecular formula is C20H21F3N6. The molecule has 3 heterocycles. The number of aromatic nitrogens is 4. The second-order valence-electron chi connectivity index (χ2n) is 7.03.